The standard InChI is InChI=1S/C43H34N2/c1-45(2)37-26-23-31(24-27-37)36-25-28-40(44-30-36)39-29-38(32-15-7-3-8-16-32)41(33-17-9-4-10-18-33)43(35-21-13-6-14-22-35)42(39)34-19-11-5-12-20-34/h3-30H,1-2H3. The summed E-state index contributed by atoms with van der Waals surface area (Å²) in [5.74, 6) is 0. The van der Waals surface area contributed by atoms with Gasteiger partial charge in [0.15, 0.2) is 0 Å². The van der Waals surface area contributed by atoms with E-state index in [0.717, 1.165) is 27.9 Å². The van der Waals surface area contributed by atoms with Gasteiger partial charge in [-0.25, -0.2) is 0 Å². The first-order chi connectivity index (χ1) is 22.2. The molecule has 0 saturated carbocycles. The zero-order valence-corrected chi connectivity index (χ0v) is 25.6. The van der Waals surface area contributed by atoms with Crippen LogP contribution in [0.4, 0.5) is 5.69 Å². The molecule has 0 aliphatic heterocycles. The highest BCUT2D eigenvalue weighted by Gasteiger charge is 2.24. The summed E-state index contributed by atoms with van der Waals surface area (Å²) >= 11 is 0. The lowest BCUT2D eigenvalue weighted by Crippen LogP contribution is -2.07. The fourth-order valence-corrected chi connectivity index (χ4v) is 6.11. The molecule has 0 aliphatic rings. The molecule has 0 fully saturated rings. The fraction of sp³-hybridized carbons (Fsp3) is 0.0465. The molecule has 0 unspecified atom stereocenters. The van der Waals surface area contributed by atoms with Crippen LogP contribution in [0.5, 0.6) is 0 Å². The third-order valence-corrected chi connectivity index (χ3v) is 8.36. The van der Waals surface area contributed by atoms with E-state index in [1.165, 1.54) is 44.6 Å². The van der Waals surface area contributed by atoms with E-state index in [0.29, 0.717) is 0 Å². The van der Waals surface area contributed by atoms with Crippen LogP contribution < -0.4 is 4.90 Å². The molecule has 0 radical (unpaired) electrons. The Bertz CT molecular complexity index is 2010. The molecule has 7 rings (SSSR count). The van der Waals surface area contributed by atoms with Crippen LogP contribution in [0.3, 0.4) is 0 Å². The third kappa shape index (κ3) is 5.67. The van der Waals surface area contributed by atoms with Gasteiger partial charge in [-0.05, 0) is 74.3 Å². The summed E-state index contributed by atoms with van der Waals surface area (Å²) in [6, 6.07) is 58.4. The molecule has 0 bridgehead atoms. The molecule has 216 valence electrons. The Morgan fingerprint density at radius 1 is 0.378 bits per heavy atom. The smallest absolute Gasteiger partial charge is 0.0709 e. The Balaban J connectivity index is 1.53. The third-order valence-electron chi connectivity index (χ3n) is 8.36. The summed E-state index contributed by atoms with van der Waals surface area (Å²) in [4.78, 5) is 7.25. The minimum atomic E-state index is 0.941. The molecule has 0 spiro atoms. The van der Waals surface area contributed by atoms with Crippen molar-refractivity contribution in [3.8, 4) is 66.9 Å². The number of hydrogen-bond acceptors (Lipinski definition) is 2. The molecule has 6 aromatic carbocycles. The molecule has 0 N–H and O–H groups in total. The van der Waals surface area contributed by atoms with Crippen LogP contribution in [0, 0.1) is 0 Å². The summed E-state index contributed by atoms with van der Waals surface area (Å²) < 4.78 is 0. The number of hydrogen-bond donors (Lipinski definition) is 0. The molecular formula is C43H34N2. The van der Waals surface area contributed by atoms with Gasteiger partial charge < -0.3 is 4.90 Å². The van der Waals surface area contributed by atoms with E-state index >= 15 is 0 Å². The van der Waals surface area contributed by atoms with Gasteiger partial charge in [-0.2, -0.15) is 0 Å². The minimum absolute atomic E-state index is 0.941. The number of nitrogens with zero attached hydrogens (tertiary/aromatic N) is 2. The highest BCUT2D eigenvalue weighted by molar-refractivity contribution is 6.07. The van der Waals surface area contributed by atoms with Crippen LogP contribution in [-0.2, 0) is 0 Å². The monoisotopic (exact) mass is 578 g/mol. The first-order valence-corrected chi connectivity index (χ1v) is 15.3. The molecule has 0 atom stereocenters. The average molecular weight is 579 g/mol. The van der Waals surface area contributed by atoms with Gasteiger partial charge in [-0.1, -0.05) is 140 Å². The van der Waals surface area contributed by atoms with Crippen LogP contribution in [-0.4, -0.2) is 19.1 Å². The Morgan fingerprint density at radius 2 is 0.822 bits per heavy atom. The lowest BCUT2D eigenvalue weighted by Gasteiger charge is -2.24. The number of pyridine rings is 1. The number of anilines is 1. The van der Waals surface area contributed by atoms with Crippen molar-refractivity contribution in [2.45, 2.75) is 0 Å². The number of benzene rings is 6. The molecule has 2 heteroatoms. The van der Waals surface area contributed by atoms with Crippen molar-refractivity contribution in [1.29, 1.82) is 0 Å². The maximum atomic E-state index is 5.13. The Morgan fingerprint density at radius 3 is 1.29 bits per heavy atom. The molecule has 45 heavy (non-hydrogen) atoms. The minimum Gasteiger partial charge on any atom is -0.378 e. The molecule has 0 saturated heterocycles. The van der Waals surface area contributed by atoms with Gasteiger partial charge in [0.2, 0.25) is 0 Å². The number of aromatic nitrogens is 1. The van der Waals surface area contributed by atoms with Gasteiger partial charge >= 0.3 is 0 Å². The average Bonchev–Trinajstić information content (AvgIpc) is 3.12. The number of rotatable bonds is 7. The van der Waals surface area contributed by atoms with E-state index in [2.05, 4.69) is 183 Å². The highest BCUT2D eigenvalue weighted by Crippen LogP contribution is 2.50. The molecular weight excluding hydrogens is 544 g/mol. The van der Waals surface area contributed by atoms with E-state index < -0.39 is 0 Å². The Hall–Kier alpha value is -5.73. The molecule has 0 aliphatic carbocycles. The maximum absolute atomic E-state index is 5.13. The first kappa shape index (κ1) is 28.1. The van der Waals surface area contributed by atoms with E-state index in [9.17, 15) is 0 Å². The van der Waals surface area contributed by atoms with E-state index in [-0.39, 0.29) is 0 Å². The summed E-state index contributed by atoms with van der Waals surface area (Å²) in [7, 11) is 4.12. The fourth-order valence-electron chi connectivity index (χ4n) is 6.11. The molecule has 2 nitrogen and oxygen atoms in total. The molecule has 0 amide bonds. The van der Waals surface area contributed by atoms with Crippen molar-refractivity contribution < 1.29 is 0 Å². The van der Waals surface area contributed by atoms with Gasteiger partial charge in [0, 0.05) is 37.1 Å². The van der Waals surface area contributed by atoms with Crippen LogP contribution in [0.2, 0.25) is 0 Å². The maximum Gasteiger partial charge on any atom is 0.0709 e. The van der Waals surface area contributed by atoms with Crippen molar-refractivity contribution in [3.05, 3.63) is 170 Å². The van der Waals surface area contributed by atoms with Crippen molar-refractivity contribution >= 4 is 5.69 Å². The van der Waals surface area contributed by atoms with Crippen LogP contribution in [0.15, 0.2) is 170 Å². The Labute approximate surface area is 265 Å². The van der Waals surface area contributed by atoms with Gasteiger partial charge in [0.05, 0.1) is 5.69 Å². The summed E-state index contributed by atoms with van der Waals surface area (Å²) in [6.07, 6.45) is 2.00. The quantitative estimate of drug-likeness (QED) is 0.187. The largest absolute Gasteiger partial charge is 0.378 e. The second kappa shape index (κ2) is 12.5. The Kier molecular flexibility index (Phi) is 7.78. The van der Waals surface area contributed by atoms with E-state index in [1.54, 1.807) is 0 Å². The van der Waals surface area contributed by atoms with Gasteiger partial charge in [0.25, 0.3) is 0 Å². The van der Waals surface area contributed by atoms with Gasteiger partial charge in [-0.3, -0.25) is 4.98 Å². The summed E-state index contributed by atoms with van der Waals surface area (Å²) in [6.45, 7) is 0. The second-order valence-electron chi connectivity index (χ2n) is 11.4. The van der Waals surface area contributed by atoms with Crippen LogP contribution >= 0.6 is 0 Å². The zero-order valence-electron chi connectivity index (χ0n) is 25.6. The van der Waals surface area contributed by atoms with Crippen LogP contribution in [0.25, 0.3) is 66.9 Å². The van der Waals surface area contributed by atoms with Gasteiger partial charge in [-0.15, -0.1) is 0 Å². The lowest BCUT2D eigenvalue weighted by molar-refractivity contribution is 1.13. The SMILES string of the molecule is CN(C)c1ccc(-c2ccc(-c3cc(-c4ccccc4)c(-c4ccccc4)c(-c4ccccc4)c3-c3ccccc3)nc2)cc1. The van der Waals surface area contributed by atoms with E-state index in [4.69, 9.17) is 4.98 Å². The van der Waals surface area contributed by atoms with E-state index in [1.807, 2.05) is 6.20 Å². The van der Waals surface area contributed by atoms with Crippen LogP contribution in [0.1, 0.15) is 0 Å². The van der Waals surface area contributed by atoms with Crippen molar-refractivity contribution in [2.24, 2.45) is 0 Å². The molecule has 1 aromatic heterocycles. The normalized spacial score (nSPS) is 10.9. The predicted molar refractivity (Wildman–Crippen MR) is 191 cm³/mol. The lowest BCUT2D eigenvalue weighted by atomic mass is 9.79. The topological polar surface area (TPSA) is 16.1 Å². The zero-order chi connectivity index (χ0) is 30.6. The molecule has 7 aromatic rings. The van der Waals surface area contributed by atoms with Gasteiger partial charge in [0.1, 0.15) is 0 Å². The first-order valence-electron chi connectivity index (χ1n) is 15.3. The predicted octanol–water partition coefficient (Wildman–Crippen LogP) is 11.1. The second-order valence-corrected chi connectivity index (χ2v) is 11.4. The summed E-state index contributed by atoms with van der Waals surface area (Å²) in [5, 5.41) is 0. The van der Waals surface area contributed by atoms with Crippen molar-refractivity contribution in [2.75, 3.05) is 19.0 Å². The summed E-state index contributed by atoms with van der Waals surface area (Å²) in [5.41, 5.74) is 14.9. The van der Waals surface area contributed by atoms with Crippen molar-refractivity contribution in [3.63, 3.8) is 0 Å². The highest BCUT2D eigenvalue weighted by atomic mass is 15.1. The van der Waals surface area contributed by atoms with Crippen molar-refractivity contribution in [1.82, 2.24) is 4.98 Å². The molecule has 1 heterocycles.